The van der Waals surface area contributed by atoms with E-state index < -0.39 is 28.6 Å². The van der Waals surface area contributed by atoms with Crippen LogP contribution in [-0.2, 0) is 4.79 Å². The van der Waals surface area contributed by atoms with E-state index in [0.29, 0.717) is 0 Å². The van der Waals surface area contributed by atoms with Crippen molar-refractivity contribution in [2.45, 2.75) is 20.3 Å². The number of nitrogens with one attached hydrogen (secondary N) is 1. The predicted molar refractivity (Wildman–Crippen MR) is 74.5 cm³/mol. The highest BCUT2D eigenvalue weighted by molar-refractivity contribution is 9.10. The van der Waals surface area contributed by atoms with Crippen molar-refractivity contribution in [1.29, 1.82) is 0 Å². The third-order valence-corrected chi connectivity index (χ3v) is 3.58. The first kappa shape index (κ1) is 16.4. The second-order valence-corrected chi connectivity index (χ2v) is 5.29. The van der Waals surface area contributed by atoms with E-state index in [0.717, 1.165) is 12.1 Å². The van der Waals surface area contributed by atoms with Gasteiger partial charge in [0.2, 0.25) is 5.91 Å². The first-order chi connectivity index (χ1) is 9.26. The van der Waals surface area contributed by atoms with Crippen molar-refractivity contribution in [3.05, 3.63) is 28.2 Å². The van der Waals surface area contributed by atoms with Gasteiger partial charge in [0.05, 0.1) is 0 Å². The summed E-state index contributed by atoms with van der Waals surface area (Å²) in [6, 6.07) is 2.04. The van der Waals surface area contributed by atoms with Crippen molar-refractivity contribution >= 4 is 33.4 Å². The van der Waals surface area contributed by atoms with E-state index in [1.165, 1.54) is 6.92 Å². The Morgan fingerprint density at radius 3 is 2.40 bits per heavy atom. The van der Waals surface area contributed by atoms with E-state index in [4.69, 9.17) is 10.9 Å². The number of anilines is 1. The lowest BCUT2D eigenvalue weighted by Gasteiger charge is -2.25. The average Bonchev–Trinajstić information content (AvgIpc) is 2.40. The number of oxime groups is 1. The molecular weight excluding hydrogens is 336 g/mol. The maximum atomic E-state index is 13.7. The van der Waals surface area contributed by atoms with Gasteiger partial charge in [0.15, 0.2) is 17.5 Å². The summed E-state index contributed by atoms with van der Waals surface area (Å²) in [7, 11) is 0. The van der Waals surface area contributed by atoms with Crippen LogP contribution in [0.15, 0.2) is 21.8 Å². The highest BCUT2D eigenvalue weighted by Gasteiger charge is 2.37. The van der Waals surface area contributed by atoms with Crippen LogP contribution in [0.2, 0.25) is 0 Å². The van der Waals surface area contributed by atoms with Crippen LogP contribution >= 0.6 is 15.9 Å². The Kier molecular flexibility index (Phi) is 5.04. The highest BCUT2D eigenvalue weighted by Crippen LogP contribution is 2.28. The zero-order valence-electron chi connectivity index (χ0n) is 10.9. The van der Waals surface area contributed by atoms with Gasteiger partial charge in [-0.3, -0.25) is 4.79 Å². The minimum atomic E-state index is -1.37. The summed E-state index contributed by atoms with van der Waals surface area (Å²) < 4.78 is 27.5. The standard InChI is InChI=1S/C12H14BrF2N3O2/c1-3-12(2,10(16)18-20)11(19)17-9-7(14)4-6(13)5-8(9)15/h4-5,20H,3H2,1-2H3,(H2,16,18)(H,17,19). The van der Waals surface area contributed by atoms with Gasteiger partial charge in [0, 0.05) is 4.47 Å². The molecule has 0 saturated heterocycles. The Morgan fingerprint density at radius 1 is 1.50 bits per heavy atom. The normalized spacial score (nSPS) is 14.8. The monoisotopic (exact) mass is 349 g/mol. The number of nitrogens with zero attached hydrogens (tertiary/aromatic N) is 1. The first-order valence-corrected chi connectivity index (χ1v) is 6.49. The molecule has 1 aromatic carbocycles. The number of rotatable bonds is 4. The molecule has 0 heterocycles. The van der Waals surface area contributed by atoms with Crippen LogP contribution in [0.4, 0.5) is 14.5 Å². The van der Waals surface area contributed by atoms with Crippen LogP contribution in [-0.4, -0.2) is 17.0 Å². The molecule has 1 aromatic rings. The van der Waals surface area contributed by atoms with Crippen molar-refractivity contribution in [2.75, 3.05) is 5.32 Å². The molecule has 1 rings (SSSR count). The van der Waals surface area contributed by atoms with Crippen LogP contribution in [0.3, 0.4) is 0 Å². The zero-order valence-corrected chi connectivity index (χ0v) is 12.5. The first-order valence-electron chi connectivity index (χ1n) is 5.70. The minimum absolute atomic E-state index is 0.189. The van der Waals surface area contributed by atoms with E-state index in [9.17, 15) is 13.6 Å². The zero-order chi connectivity index (χ0) is 15.5. The van der Waals surface area contributed by atoms with Gasteiger partial charge in [-0.15, -0.1) is 0 Å². The Hall–Kier alpha value is -1.70. The summed E-state index contributed by atoms with van der Waals surface area (Å²) >= 11 is 2.94. The summed E-state index contributed by atoms with van der Waals surface area (Å²) in [6.45, 7) is 3.04. The molecule has 1 atom stereocenters. The smallest absolute Gasteiger partial charge is 0.238 e. The average molecular weight is 350 g/mol. The van der Waals surface area contributed by atoms with E-state index in [1.807, 2.05) is 0 Å². The summed E-state index contributed by atoms with van der Waals surface area (Å²) in [5.41, 5.74) is 3.51. The molecule has 1 amide bonds. The van der Waals surface area contributed by atoms with Gasteiger partial charge in [-0.05, 0) is 25.5 Å². The fourth-order valence-electron chi connectivity index (χ4n) is 1.48. The number of carbonyl (C=O) groups excluding carboxylic acids is 1. The predicted octanol–water partition coefficient (Wildman–Crippen LogP) is 2.83. The van der Waals surface area contributed by atoms with Gasteiger partial charge < -0.3 is 16.3 Å². The summed E-state index contributed by atoms with van der Waals surface area (Å²) in [5.74, 6) is -2.96. The van der Waals surface area contributed by atoms with Gasteiger partial charge in [0.1, 0.15) is 11.1 Å². The lowest BCUT2D eigenvalue weighted by Crippen LogP contribution is -2.44. The molecule has 0 fully saturated rings. The summed E-state index contributed by atoms with van der Waals surface area (Å²) in [4.78, 5) is 12.1. The molecule has 110 valence electrons. The molecule has 0 aromatic heterocycles. The van der Waals surface area contributed by atoms with Crippen molar-refractivity contribution in [3.8, 4) is 0 Å². The van der Waals surface area contributed by atoms with Gasteiger partial charge in [-0.25, -0.2) is 8.78 Å². The van der Waals surface area contributed by atoms with Gasteiger partial charge in [0.25, 0.3) is 0 Å². The Morgan fingerprint density at radius 2 is 2.00 bits per heavy atom. The van der Waals surface area contributed by atoms with Crippen molar-refractivity contribution in [3.63, 3.8) is 0 Å². The fraction of sp³-hybridized carbons (Fsp3) is 0.333. The molecule has 20 heavy (non-hydrogen) atoms. The van der Waals surface area contributed by atoms with Crippen molar-refractivity contribution < 1.29 is 18.8 Å². The number of nitrogens with two attached hydrogens (primary N) is 1. The maximum absolute atomic E-state index is 13.7. The van der Waals surface area contributed by atoms with E-state index in [1.54, 1.807) is 6.92 Å². The van der Waals surface area contributed by atoms with Gasteiger partial charge >= 0.3 is 0 Å². The lowest BCUT2D eigenvalue weighted by molar-refractivity contribution is -0.121. The second-order valence-electron chi connectivity index (χ2n) is 4.37. The molecule has 0 aliphatic heterocycles. The quantitative estimate of drug-likeness (QED) is 0.338. The van der Waals surface area contributed by atoms with E-state index in [2.05, 4.69) is 26.4 Å². The topological polar surface area (TPSA) is 87.7 Å². The van der Waals surface area contributed by atoms with E-state index >= 15 is 0 Å². The Balaban J connectivity index is 3.13. The summed E-state index contributed by atoms with van der Waals surface area (Å²) in [5, 5.41) is 13.6. The van der Waals surface area contributed by atoms with Crippen LogP contribution in [0.1, 0.15) is 20.3 Å². The van der Waals surface area contributed by atoms with Gasteiger partial charge in [-0.2, -0.15) is 0 Å². The number of amidine groups is 1. The number of carbonyl (C=O) groups is 1. The maximum Gasteiger partial charge on any atom is 0.238 e. The Bertz CT molecular complexity index is 543. The molecule has 0 saturated carbocycles. The fourth-order valence-corrected chi connectivity index (χ4v) is 1.88. The number of hydrogen-bond donors (Lipinski definition) is 3. The molecule has 4 N–H and O–H groups in total. The molecule has 0 spiro atoms. The number of halogens is 3. The summed E-state index contributed by atoms with van der Waals surface area (Å²) in [6.07, 6.45) is 0.189. The molecule has 0 radical (unpaired) electrons. The van der Waals surface area contributed by atoms with Crippen LogP contribution in [0, 0.1) is 17.0 Å². The third kappa shape index (κ3) is 3.06. The number of benzene rings is 1. The van der Waals surface area contributed by atoms with Crippen molar-refractivity contribution in [1.82, 2.24) is 0 Å². The molecule has 8 heteroatoms. The van der Waals surface area contributed by atoms with Gasteiger partial charge in [-0.1, -0.05) is 28.0 Å². The molecule has 0 aliphatic carbocycles. The Labute approximate surface area is 123 Å². The molecule has 1 unspecified atom stereocenters. The SMILES string of the molecule is CCC(C)(C(=O)Nc1c(F)cc(Br)cc1F)C(N)=NO. The highest BCUT2D eigenvalue weighted by atomic mass is 79.9. The minimum Gasteiger partial charge on any atom is -0.409 e. The largest absolute Gasteiger partial charge is 0.409 e. The molecule has 5 nitrogen and oxygen atoms in total. The van der Waals surface area contributed by atoms with Crippen molar-refractivity contribution in [2.24, 2.45) is 16.3 Å². The molecule has 0 bridgehead atoms. The third-order valence-electron chi connectivity index (χ3n) is 3.13. The molecule has 0 aliphatic rings. The second kappa shape index (κ2) is 6.17. The lowest BCUT2D eigenvalue weighted by atomic mass is 9.85. The number of amides is 1. The van der Waals surface area contributed by atoms with Crippen LogP contribution < -0.4 is 11.1 Å². The number of hydrogen-bond acceptors (Lipinski definition) is 3. The van der Waals surface area contributed by atoms with E-state index in [-0.39, 0.29) is 16.7 Å². The van der Waals surface area contributed by atoms with Crippen LogP contribution in [0.5, 0.6) is 0 Å². The van der Waals surface area contributed by atoms with Crippen LogP contribution in [0.25, 0.3) is 0 Å². The molecular formula is C12H14BrF2N3O2.